The molecule has 1 rings (SSSR count). The number of hydrogen-bond donors (Lipinski definition) is 3. The predicted octanol–water partition coefficient (Wildman–Crippen LogP) is 0.804. The molecule has 1 unspecified atom stereocenters. The summed E-state index contributed by atoms with van der Waals surface area (Å²) in [6.45, 7) is -0.726. The number of amides is 2. The zero-order chi connectivity index (χ0) is 12.1. The molecule has 3 N–H and O–H groups in total. The summed E-state index contributed by atoms with van der Waals surface area (Å²) in [5.74, 6) is -0.848. The van der Waals surface area contributed by atoms with E-state index >= 15 is 0 Å². The van der Waals surface area contributed by atoms with Gasteiger partial charge in [0, 0.05) is 6.04 Å². The Hall–Kier alpha value is -1.40. The van der Waals surface area contributed by atoms with Gasteiger partial charge in [-0.1, -0.05) is 0 Å². The van der Waals surface area contributed by atoms with Crippen molar-refractivity contribution in [2.75, 3.05) is 6.54 Å². The van der Waals surface area contributed by atoms with Gasteiger partial charge in [-0.2, -0.15) is 0 Å². The van der Waals surface area contributed by atoms with Gasteiger partial charge in [0.1, 0.15) is 0 Å². The number of carboxylic acid groups (broad SMARTS) is 1. The predicted molar refractivity (Wildman–Crippen MR) is 51.3 cm³/mol. The molecule has 16 heavy (non-hydrogen) atoms. The van der Waals surface area contributed by atoms with Crippen LogP contribution in [0.2, 0.25) is 0 Å². The average molecular weight is 236 g/mol. The summed E-state index contributed by atoms with van der Waals surface area (Å²) >= 11 is 0. The second kappa shape index (κ2) is 5.62. The number of aliphatic carboxylic acids is 1. The van der Waals surface area contributed by atoms with E-state index in [0.717, 1.165) is 12.8 Å². The van der Waals surface area contributed by atoms with Crippen molar-refractivity contribution in [1.29, 1.82) is 0 Å². The number of hydrogen-bond acceptors (Lipinski definition) is 2. The third-order valence-electron chi connectivity index (χ3n) is 2.32. The first kappa shape index (κ1) is 12.7. The Balaban J connectivity index is 2.30. The summed E-state index contributed by atoms with van der Waals surface area (Å²) in [7, 11) is 0. The molecule has 0 heterocycles. The fraction of sp³-hybridized carbons (Fsp3) is 0.778. The fourth-order valence-electron chi connectivity index (χ4n) is 1.41. The summed E-state index contributed by atoms with van der Waals surface area (Å²) in [5, 5.41) is 13.0. The molecule has 1 aliphatic rings. The van der Waals surface area contributed by atoms with Gasteiger partial charge in [-0.3, -0.25) is 4.79 Å². The van der Waals surface area contributed by atoms with E-state index in [1.165, 1.54) is 0 Å². The Bertz CT molecular complexity index is 269. The monoisotopic (exact) mass is 236 g/mol. The minimum absolute atomic E-state index is 0.161. The molecule has 5 nitrogen and oxygen atoms in total. The minimum Gasteiger partial charge on any atom is -0.481 e. The molecule has 2 amide bonds. The van der Waals surface area contributed by atoms with E-state index in [9.17, 15) is 18.4 Å². The second-order valence-corrected chi connectivity index (χ2v) is 3.79. The van der Waals surface area contributed by atoms with Crippen LogP contribution < -0.4 is 10.6 Å². The number of urea groups is 1. The van der Waals surface area contributed by atoms with Crippen molar-refractivity contribution in [2.24, 2.45) is 5.92 Å². The van der Waals surface area contributed by atoms with Crippen LogP contribution in [0.25, 0.3) is 0 Å². The first-order valence-corrected chi connectivity index (χ1v) is 5.03. The van der Waals surface area contributed by atoms with Gasteiger partial charge in [0.15, 0.2) is 0 Å². The van der Waals surface area contributed by atoms with Gasteiger partial charge in [0.25, 0.3) is 6.43 Å². The molecule has 0 spiro atoms. The topological polar surface area (TPSA) is 78.4 Å². The number of rotatable bonds is 6. The zero-order valence-corrected chi connectivity index (χ0v) is 8.58. The molecular weight excluding hydrogens is 222 g/mol. The highest BCUT2D eigenvalue weighted by molar-refractivity contribution is 5.75. The highest BCUT2D eigenvalue weighted by Gasteiger charge is 2.33. The lowest BCUT2D eigenvalue weighted by atomic mass is 10.1. The molecule has 0 aromatic rings. The molecule has 1 aliphatic carbocycles. The lowest BCUT2D eigenvalue weighted by Gasteiger charge is -2.16. The SMILES string of the molecule is O=C(O)CC(NC(=O)NCC(F)F)C1CC1. The van der Waals surface area contributed by atoms with Gasteiger partial charge in [0.05, 0.1) is 13.0 Å². The van der Waals surface area contributed by atoms with Gasteiger partial charge in [-0.05, 0) is 18.8 Å². The van der Waals surface area contributed by atoms with E-state index in [-0.39, 0.29) is 12.3 Å². The maximum absolute atomic E-state index is 11.8. The van der Waals surface area contributed by atoms with Gasteiger partial charge in [-0.15, -0.1) is 0 Å². The highest BCUT2D eigenvalue weighted by Crippen LogP contribution is 2.33. The molecule has 0 aliphatic heterocycles. The fourth-order valence-corrected chi connectivity index (χ4v) is 1.41. The summed E-state index contributed by atoms with van der Waals surface area (Å²) in [6, 6.07) is -1.20. The van der Waals surface area contributed by atoms with Crippen molar-refractivity contribution in [1.82, 2.24) is 10.6 Å². The van der Waals surface area contributed by atoms with Crippen molar-refractivity contribution in [3.05, 3.63) is 0 Å². The maximum atomic E-state index is 11.8. The third kappa shape index (κ3) is 4.90. The Morgan fingerprint density at radius 3 is 2.44 bits per heavy atom. The maximum Gasteiger partial charge on any atom is 0.315 e. The van der Waals surface area contributed by atoms with Crippen LogP contribution in [-0.4, -0.2) is 36.1 Å². The summed E-state index contributed by atoms with van der Waals surface area (Å²) in [5.41, 5.74) is 0. The normalized spacial score (nSPS) is 16.9. The molecule has 0 saturated heterocycles. The molecule has 92 valence electrons. The molecule has 0 aromatic carbocycles. The third-order valence-corrected chi connectivity index (χ3v) is 2.32. The van der Waals surface area contributed by atoms with Crippen molar-refractivity contribution in [3.63, 3.8) is 0 Å². The number of carbonyl (C=O) groups is 2. The Labute approximate surface area is 91.2 Å². The number of carboxylic acids is 1. The molecule has 7 heteroatoms. The van der Waals surface area contributed by atoms with Crippen molar-refractivity contribution in [2.45, 2.75) is 31.7 Å². The Morgan fingerprint density at radius 1 is 1.38 bits per heavy atom. The van der Waals surface area contributed by atoms with Crippen LogP contribution in [-0.2, 0) is 4.79 Å². The van der Waals surface area contributed by atoms with E-state index in [2.05, 4.69) is 5.32 Å². The largest absolute Gasteiger partial charge is 0.481 e. The van der Waals surface area contributed by atoms with E-state index in [0.29, 0.717) is 0 Å². The van der Waals surface area contributed by atoms with Gasteiger partial charge >= 0.3 is 12.0 Å². The second-order valence-electron chi connectivity index (χ2n) is 3.79. The molecule has 1 fully saturated rings. The van der Waals surface area contributed by atoms with Crippen LogP contribution in [0.3, 0.4) is 0 Å². The van der Waals surface area contributed by atoms with Gasteiger partial charge in [-0.25, -0.2) is 13.6 Å². The van der Waals surface area contributed by atoms with Crippen molar-refractivity contribution >= 4 is 12.0 Å². The number of nitrogens with one attached hydrogen (secondary N) is 2. The van der Waals surface area contributed by atoms with Crippen LogP contribution in [0.4, 0.5) is 13.6 Å². The van der Waals surface area contributed by atoms with Crippen LogP contribution in [0.1, 0.15) is 19.3 Å². The molecule has 1 atom stereocenters. The van der Waals surface area contributed by atoms with Crippen LogP contribution in [0, 0.1) is 5.92 Å². The van der Waals surface area contributed by atoms with Crippen LogP contribution >= 0.6 is 0 Å². The summed E-state index contributed by atoms with van der Waals surface area (Å²) in [6.07, 6.45) is -1.04. The summed E-state index contributed by atoms with van der Waals surface area (Å²) < 4.78 is 23.6. The standard InChI is InChI=1S/C9H14F2N2O3/c10-7(11)4-12-9(16)13-6(3-8(14)15)5-1-2-5/h5-7H,1-4H2,(H,14,15)(H2,12,13,16). The highest BCUT2D eigenvalue weighted by atomic mass is 19.3. The van der Waals surface area contributed by atoms with Gasteiger partial charge < -0.3 is 15.7 Å². The molecule has 0 aromatic heterocycles. The van der Waals surface area contributed by atoms with Crippen molar-refractivity contribution < 1.29 is 23.5 Å². The lowest BCUT2D eigenvalue weighted by Crippen LogP contribution is -2.45. The van der Waals surface area contributed by atoms with Crippen molar-refractivity contribution in [3.8, 4) is 0 Å². The Kier molecular flexibility index (Phi) is 4.45. The summed E-state index contributed by atoms with van der Waals surface area (Å²) in [4.78, 5) is 21.6. The quantitative estimate of drug-likeness (QED) is 0.638. The molecule has 0 radical (unpaired) electrons. The first-order valence-electron chi connectivity index (χ1n) is 5.03. The van der Waals surface area contributed by atoms with E-state index in [1.807, 2.05) is 5.32 Å². The molecular formula is C9H14F2N2O3. The van der Waals surface area contributed by atoms with E-state index in [1.54, 1.807) is 0 Å². The first-order chi connectivity index (χ1) is 7.49. The minimum atomic E-state index is -2.61. The van der Waals surface area contributed by atoms with Crippen LogP contribution in [0.5, 0.6) is 0 Å². The van der Waals surface area contributed by atoms with E-state index < -0.39 is 31.0 Å². The Morgan fingerprint density at radius 2 is 2.00 bits per heavy atom. The van der Waals surface area contributed by atoms with E-state index in [4.69, 9.17) is 5.11 Å². The smallest absolute Gasteiger partial charge is 0.315 e. The van der Waals surface area contributed by atoms with Crippen LogP contribution in [0.15, 0.2) is 0 Å². The average Bonchev–Trinajstić information content (AvgIpc) is 2.96. The number of carbonyl (C=O) groups excluding carboxylic acids is 1. The zero-order valence-electron chi connectivity index (χ0n) is 8.58. The molecule has 0 bridgehead atoms. The number of alkyl halides is 2. The number of halogens is 2. The lowest BCUT2D eigenvalue weighted by molar-refractivity contribution is -0.137. The molecule has 1 saturated carbocycles. The van der Waals surface area contributed by atoms with Gasteiger partial charge in [0.2, 0.25) is 0 Å².